The number of rotatable bonds is 14. The Hall–Kier alpha value is -3.08. The van der Waals surface area contributed by atoms with Crippen molar-refractivity contribution in [2.45, 2.75) is 76.6 Å². The largest absolute Gasteiger partial charge is 0.495 e. The number of alkyl halides is 3. The highest BCUT2D eigenvalue weighted by molar-refractivity contribution is 5.76. The van der Waals surface area contributed by atoms with Gasteiger partial charge in [0.25, 0.3) is 0 Å². The van der Waals surface area contributed by atoms with Crippen LogP contribution in [-0.2, 0) is 22.1 Å². The van der Waals surface area contributed by atoms with Gasteiger partial charge in [-0.1, -0.05) is 38.7 Å². The van der Waals surface area contributed by atoms with Gasteiger partial charge in [0.1, 0.15) is 23.2 Å². The molecule has 36 heavy (non-hydrogen) atoms. The second-order valence-corrected chi connectivity index (χ2v) is 8.92. The number of carbonyl (C=O) groups is 1. The highest BCUT2D eigenvalue weighted by atomic mass is 19.4. The van der Waals surface area contributed by atoms with E-state index in [1.54, 1.807) is 18.2 Å². The number of nitrogens with two attached hydrogens (primary N) is 1. The number of benzene rings is 1. The molecule has 2 aromatic rings. The fraction of sp³-hybridized carbons (Fsp3) is 0.560. The Morgan fingerprint density at radius 2 is 1.97 bits per heavy atom. The van der Waals surface area contributed by atoms with Gasteiger partial charge < -0.3 is 25.8 Å². The fourth-order valence-electron chi connectivity index (χ4n) is 3.59. The van der Waals surface area contributed by atoms with Gasteiger partial charge in [-0.3, -0.25) is 4.79 Å². The van der Waals surface area contributed by atoms with E-state index in [2.05, 4.69) is 27.5 Å². The number of nitrogens with one attached hydrogen (secondary N) is 2. The van der Waals surface area contributed by atoms with Gasteiger partial charge in [0.2, 0.25) is 5.95 Å². The van der Waals surface area contributed by atoms with Crippen molar-refractivity contribution in [1.29, 1.82) is 0 Å². The Morgan fingerprint density at radius 1 is 1.22 bits per heavy atom. The SMILES string of the molecule is CCCCCCCOC(=O)C(N)Cc1ccc(Nc2ncc(C(F)(F)F)c(NC3CC3)n2)c(OC)c1. The third kappa shape index (κ3) is 8.25. The average Bonchev–Trinajstić information content (AvgIpc) is 3.65. The Kier molecular flexibility index (Phi) is 9.74. The van der Waals surface area contributed by atoms with Crippen molar-refractivity contribution in [3.05, 3.63) is 35.5 Å². The van der Waals surface area contributed by atoms with Gasteiger partial charge in [0.05, 0.1) is 19.4 Å². The van der Waals surface area contributed by atoms with Crippen LogP contribution in [0.4, 0.5) is 30.6 Å². The predicted octanol–water partition coefficient (Wildman–Crippen LogP) is 5.21. The molecule has 1 fully saturated rings. The minimum absolute atomic E-state index is 0.00332. The van der Waals surface area contributed by atoms with Crippen LogP contribution in [-0.4, -0.2) is 41.7 Å². The zero-order valence-corrected chi connectivity index (χ0v) is 20.7. The monoisotopic (exact) mass is 509 g/mol. The van der Waals surface area contributed by atoms with Crippen LogP contribution >= 0.6 is 0 Å². The summed E-state index contributed by atoms with van der Waals surface area (Å²) in [5.41, 5.74) is 6.32. The minimum atomic E-state index is -4.57. The van der Waals surface area contributed by atoms with Crippen LogP contribution in [0.2, 0.25) is 0 Å². The van der Waals surface area contributed by atoms with E-state index in [1.807, 2.05) is 0 Å². The molecule has 8 nitrogen and oxygen atoms in total. The molecule has 198 valence electrons. The van der Waals surface area contributed by atoms with Crippen LogP contribution in [0.25, 0.3) is 0 Å². The molecule has 1 unspecified atom stereocenters. The summed E-state index contributed by atoms with van der Waals surface area (Å²) >= 11 is 0. The molecule has 1 heterocycles. The first-order chi connectivity index (χ1) is 17.2. The van der Waals surface area contributed by atoms with Crippen molar-refractivity contribution in [3.63, 3.8) is 0 Å². The van der Waals surface area contributed by atoms with Crippen LogP contribution < -0.4 is 21.1 Å². The lowest BCUT2D eigenvalue weighted by atomic mass is 10.1. The van der Waals surface area contributed by atoms with Gasteiger partial charge >= 0.3 is 12.1 Å². The Balaban J connectivity index is 1.62. The number of hydrogen-bond acceptors (Lipinski definition) is 8. The lowest BCUT2D eigenvalue weighted by molar-refractivity contribution is -0.145. The Labute approximate surface area is 209 Å². The molecule has 0 spiro atoms. The number of methoxy groups -OCH3 is 1. The molecule has 1 aromatic heterocycles. The number of halogens is 3. The summed E-state index contributed by atoms with van der Waals surface area (Å²) in [7, 11) is 1.46. The van der Waals surface area contributed by atoms with Crippen LogP contribution in [0.1, 0.15) is 63.0 Å². The Morgan fingerprint density at radius 3 is 2.64 bits per heavy atom. The molecule has 3 rings (SSSR count). The van der Waals surface area contributed by atoms with Gasteiger partial charge in [-0.15, -0.1) is 0 Å². The molecule has 0 radical (unpaired) electrons. The molecular weight excluding hydrogens is 475 g/mol. The lowest BCUT2D eigenvalue weighted by Gasteiger charge is -2.16. The maximum Gasteiger partial charge on any atom is 0.421 e. The molecule has 1 saturated carbocycles. The first kappa shape index (κ1) is 27.5. The third-order valence-electron chi connectivity index (χ3n) is 5.78. The van der Waals surface area contributed by atoms with Gasteiger partial charge in [-0.05, 0) is 43.4 Å². The van der Waals surface area contributed by atoms with E-state index in [0.29, 0.717) is 18.0 Å². The second kappa shape index (κ2) is 12.8. The molecule has 4 N–H and O–H groups in total. The predicted molar refractivity (Wildman–Crippen MR) is 131 cm³/mol. The molecule has 1 atom stereocenters. The van der Waals surface area contributed by atoms with E-state index in [-0.39, 0.29) is 24.2 Å². The summed E-state index contributed by atoms with van der Waals surface area (Å²) in [6.45, 7) is 2.50. The summed E-state index contributed by atoms with van der Waals surface area (Å²) < 4.78 is 50.7. The number of anilines is 3. The van der Waals surface area contributed by atoms with Crippen molar-refractivity contribution in [1.82, 2.24) is 9.97 Å². The molecule has 1 aliphatic rings. The molecule has 1 aliphatic carbocycles. The average molecular weight is 510 g/mol. The number of carbonyl (C=O) groups excluding carboxylic acids is 1. The third-order valence-corrected chi connectivity index (χ3v) is 5.78. The van der Waals surface area contributed by atoms with E-state index >= 15 is 0 Å². The topological polar surface area (TPSA) is 111 Å². The summed E-state index contributed by atoms with van der Waals surface area (Å²) in [5, 5.41) is 5.72. The summed E-state index contributed by atoms with van der Waals surface area (Å²) in [6.07, 6.45) is 3.32. The van der Waals surface area contributed by atoms with Crippen molar-refractivity contribution in [2.75, 3.05) is 24.4 Å². The van der Waals surface area contributed by atoms with Gasteiger partial charge in [-0.2, -0.15) is 18.2 Å². The number of hydrogen-bond donors (Lipinski definition) is 3. The van der Waals surface area contributed by atoms with E-state index in [0.717, 1.165) is 50.3 Å². The number of aromatic nitrogens is 2. The van der Waals surface area contributed by atoms with E-state index in [9.17, 15) is 18.0 Å². The number of ether oxygens (including phenoxy) is 2. The van der Waals surface area contributed by atoms with Gasteiger partial charge in [-0.25, -0.2) is 4.98 Å². The van der Waals surface area contributed by atoms with Crippen LogP contribution in [0, 0.1) is 0 Å². The van der Waals surface area contributed by atoms with Crippen molar-refractivity contribution >= 4 is 23.4 Å². The van der Waals surface area contributed by atoms with Crippen LogP contribution in [0.15, 0.2) is 24.4 Å². The maximum atomic E-state index is 13.3. The van der Waals surface area contributed by atoms with Gasteiger partial charge in [0, 0.05) is 12.2 Å². The normalized spacial score (nSPS) is 14.3. The molecule has 1 aromatic carbocycles. The Bertz CT molecular complexity index is 1010. The fourth-order valence-corrected chi connectivity index (χ4v) is 3.59. The van der Waals surface area contributed by atoms with Crippen LogP contribution in [0.5, 0.6) is 5.75 Å². The van der Waals surface area contributed by atoms with Crippen LogP contribution in [0.3, 0.4) is 0 Å². The second-order valence-electron chi connectivity index (χ2n) is 8.92. The standard InChI is InChI=1S/C25H34F3N5O3/c1-3-4-5-6-7-12-36-23(34)19(29)13-16-8-11-20(21(14-16)35-2)32-24-30-15-18(25(26,27)28)22(33-24)31-17-9-10-17/h8,11,14-15,17,19H,3-7,9-10,12-13,29H2,1-2H3,(H2,30,31,32,33). The number of nitrogens with zero attached hydrogens (tertiary/aromatic N) is 2. The molecule has 0 amide bonds. The zero-order chi connectivity index (χ0) is 26.1. The minimum Gasteiger partial charge on any atom is -0.495 e. The van der Waals surface area contributed by atoms with Crippen molar-refractivity contribution in [2.24, 2.45) is 5.73 Å². The molecular formula is C25H34F3N5O3. The number of esters is 1. The molecule has 11 heteroatoms. The lowest BCUT2D eigenvalue weighted by Crippen LogP contribution is -2.34. The molecule has 0 bridgehead atoms. The van der Waals surface area contributed by atoms with Crippen molar-refractivity contribution in [3.8, 4) is 5.75 Å². The smallest absolute Gasteiger partial charge is 0.421 e. The first-order valence-corrected chi connectivity index (χ1v) is 12.3. The quantitative estimate of drug-likeness (QED) is 0.235. The van der Waals surface area contributed by atoms with E-state index in [4.69, 9.17) is 15.2 Å². The van der Waals surface area contributed by atoms with E-state index < -0.39 is 23.8 Å². The highest BCUT2D eigenvalue weighted by Crippen LogP contribution is 2.37. The zero-order valence-electron chi connectivity index (χ0n) is 20.7. The first-order valence-electron chi connectivity index (χ1n) is 12.3. The van der Waals surface area contributed by atoms with Crippen molar-refractivity contribution < 1.29 is 27.4 Å². The summed E-state index contributed by atoms with van der Waals surface area (Å²) in [6, 6.07) is 4.29. The molecule has 0 saturated heterocycles. The number of unbranched alkanes of at least 4 members (excludes halogenated alkanes) is 4. The molecule has 0 aliphatic heterocycles. The van der Waals surface area contributed by atoms with E-state index in [1.165, 1.54) is 13.5 Å². The summed E-state index contributed by atoms with van der Waals surface area (Å²) in [4.78, 5) is 20.1. The summed E-state index contributed by atoms with van der Waals surface area (Å²) in [5.74, 6) is -0.311. The highest BCUT2D eigenvalue weighted by Gasteiger charge is 2.37. The maximum absolute atomic E-state index is 13.3. The van der Waals surface area contributed by atoms with Gasteiger partial charge in [0.15, 0.2) is 0 Å².